The summed E-state index contributed by atoms with van der Waals surface area (Å²) in [5, 5.41) is 6.85. The van der Waals surface area contributed by atoms with E-state index in [9.17, 15) is 18.0 Å². The van der Waals surface area contributed by atoms with Crippen LogP contribution in [0.15, 0.2) is 30.3 Å². The zero-order valence-electron chi connectivity index (χ0n) is 16.9. The summed E-state index contributed by atoms with van der Waals surface area (Å²) in [6, 6.07) is 8.55. The number of nitrogens with zero attached hydrogens (tertiary/aromatic N) is 5. The lowest BCUT2D eigenvalue weighted by molar-refractivity contribution is -0.136. The Balaban J connectivity index is 1.50. The zero-order chi connectivity index (χ0) is 21.9. The van der Waals surface area contributed by atoms with Crippen molar-refractivity contribution >= 4 is 33.9 Å². The lowest BCUT2D eigenvalue weighted by Crippen LogP contribution is -2.21. The summed E-state index contributed by atoms with van der Waals surface area (Å²) in [6.45, 7) is 1.22. The number of fused-ring (bicyclic) bond motifs is 2. The van der Waals surface area contributed by atoms with Crippen LogP contribution in [-0.4, -0.2) is 30.2 Å². The number of benzene rings is 1. The summed E-state index contributed by atoms with van der Waals surface area (Å²) in [6.07, 6.45) is -2.90. The number of rotatable bonds is 4. The van der Waals surface area contributed by atoms with Crippen molar-refractivity contribution < 1.29 is 18.0 Å². The normalized spacial score (nSPS) is 14.5. The maximum absolute atomic E-state index is 13.7. The van der Waals surface area contributed by atoms with Crippen LogP contribution in [0.4, 0.5) is 19.1 Å². The number of alkyl halides is 3. The summed E-state index contributed by atoms with van der Waals surface area (Å²) >= 11 is 0. The fourth-order valence-corrected chi connectivity index (χ4v) is 3.85. The predicted molar refractivity (Wildman–Crippen MR) is 109 cm³/mol. The van der Waals surface area contributed by atoms with Gasteiger partial charge in [0.2, 0.25) is 11.9 Å². The molecule has 10 heteroatoms. The number of amides is 1. The lowest BCUT2D eigenvalue weighted by atomic mass is 10.1. The number of imidazole rings is 1. The van der Waals surface area contributed by atoms with Crippen LogP contribution in [0, 0.1) is 6.92 Å². The fraction of sp³-hybridized carbons (Fsp3) is 0.333. The van der Waals surface area contributed by atoms with Crippen molar-refractivity contribution in [3.05, 3.63) is 47.3 Å². The summed E-state index contributed by atoms with van der Waals surface area (Å²) in [5.74, 6) is -0.0695. The minimum Gasteiger partial charge on any atom is -0.313 e. The summed E-state index contributed by atoms with van der Waals surface area (Å²) in [7, 11) is 1.78. The van der Waals surface area contributed by atoms with Gasteiger partial charge < -0.3 is 4.57 Å². The molecule has 0 radical (unpaired) electrons. The smallest absolute Gasteiger partial charge is 0.313 e. The molecule has 7 nitrogen and oxygen atoms in total. The van der Waals surface area contributed by atoms with Gasteiger partial charge in [-0.05, 0) is 38.0 Å². The van der Waals surface area contributed by atoms with Crippen LogP contribution in [0.5, 0.6) is 0 Å². The number of anilines is 1. The Morgan fingerprint density at radius 3 is 2.65 bits per heavy atom. The monoisotopic (exact) mass is 428 g/mol. The highest BCUT2D eigenvalue weighted by Crippen LogP contribution is 2.43. The average Bonchev–Trinajstić information content (AvgIpc) is 3.46. The standard InChI is InChI=1S/C21H19F3N6O/c1-11-18-13(21(22,23)24)9-15(12-7-8-12)25-19(18)30(28-11)10-17(31)27-20-26-14-5-3-4-6-16(14)29(20)2/h3-6,9,12H,7-8,10H2,1-2H3,(H,26,27,31). The van der Waals surface area contributed by atoms with Crippen LogP contribution >= 0.6 is 0 Å². The third kappa shape index (κ3) is 3.41. The molecule has 1 N–H and O–H groups in total. The SMILES string of the molecule is Cc1nn(CC(=O)Nc2nc3ccccc3n2C)c2nc(C3CC3)cc(C(F)(F)F)c12. The molecular weight excluding hydrogens is 409 g/mol. The van der Waals surface area contributed by atoms with Crippen molar-refractivity contribution in [3.63, 3.8) is 0 Å². The first-order valence-electron chi connectivity index (χ1n) is 9.89. The number of nitrogens with one attached hydrogen (secondary N) is 1. The highest BCUT2D eigenvalue weighted by molar-refractivity contribution is 5.92. The van der Waals surface area contributed by atoms with Gasteiger partial charge in [0.05, 0.1) is 27.7 Å². The Bertz CT molecular complexity index is 1330. The maximum Gasteiger partial charge on any atom is 0.417 e. The van der Waals surface area contributed by atoms with Crippen LogP contribution < -0.4 is 5.32 Å². The first kappa shape index (κ1) is 19.5. The van der Waals surface area contributed by atoms with E-state index in [0.717, 1.165) is 29.9 Å². The van der Waals surface area contributed by atoms with Crippen molar-refractivity contribution in [1.82, 2.24) is 24.3 Å². The molecule has 31 heavy (non-hydrogen) atoms. The maximum atomic E-state index is 13.7. The molecule has 3 heterocycles. The van der Waals surface area contributed by atoms with Gasteiger partial charge in [-0.15, -0.1) is 0 Å². The molecule has 4 aromatic rings. The van der Waals surface area contributed by atoms with Gasteiger partial charge in [0, 0.05) is 18.7 Å². The number of carbonyl (C=O) groups excluding carboxylic acids is 1. The van der Waals surface area contributed by atoms with Crippen LogP contribution in [0.25, 0.3) is 22.1 Å². The van der Waals surface area contributed by atoms with Crippen LogP contribution in [0.3, 0.4) is 0 Å². The number of pyridine rings is 1. The number of aromatic nitrogens is 5. The first-order chi connectivity index (χ1) is 14.7. The second-order valence-electron chi connectivity index (χ2n) is 7.84. The molecule has 1 fully saturated rings. The van der Waals surface area contributed by atoms with Gasteiger partial charge in [-0.2, -0.15) is 18.3 Å². The first-order valence-corrected chi connectivity index (χ1v) is 9.89. The van der Waals surface area contributed by atoms with Gasteiger partial charge in [-0.25, -0.2) is 14.6 Å². The van der Waals surface area contributed by atoms with E-state index in [-0.39, 0.29) is 29.2 Å². The number of aryl methyl sites for hydroxylation is 2. The second kappa shape index (κ2) is 6.79. The predicted octanol–water partition coefficient (Wildman–Crippen LogP) is 4.16. The molecule has 0 spiro atoms. The number of hydrogen-bond donors (Lipinski definition) is 1. The summed E-state index contributed by atoms with van der Waals surface area (Å²) < 4.78 is 44.1. The van der Waals surface area contributed by atoms with Gasteiger partial charge in [0.1, 0.15) is 6.54 Å². The van der Waals surface area contributed by atoms with E-state index in [0.29, 0.717) is 11.6 Å². The molecular formula is C21H19F3N6O. The fourth-order valence-electron chi connectivity index (χ4n) is 3.85. The van der Waals surface area contributed by atoms with E-state index in [1.54, 1.807) is 11.6 Å². The van der Waals surface area contributed by atoms with Crippen LogP contribution in [0.2, 0.25) is 0 Å². The molecule has 0 aliphatic heterocycles. The quantitative estimate of drug-likeness (QED) is 0.530. The van der Waals surface area contributed by atoms with E-state index in [1.165, 1.54) is 11.6 Å². The van der Waals surface area contributed by atoms with Crippen molar-refractivity contribution in [2.75, 3.05) is 5.32 Å². The minimum atomic E-state index is -4.53. The Morgan fingerprint density at radius 2 is 1.97 bits per heavy atom. The number of hydrogen-bond acceptors (Lipinski definition) is 4. The van der Waals surface area contributed by atoms with Gasteiger partial charge in [-0.3, -0.25) is 10.1 Å². The summed E-state index contributed by atoms with van der Waals surface area (Å²) in [4.78, 5) is 21.5. The molecule has 5 rings (SSSR count). The van der Waals surface area contributed by atoms with E-state index in [2.05, 4.69) is 20.4 Å². The van der Waals surface area contributed by atoms with Gasteiger partial charge in [0.25, 0.3) is 0 Å². The van der Waals surface area contributed by atoms with E-state index in [1.807, 2.05) is 24.3 Å². The topological polar surface area (TPSA) is 77.6 Å². The van der Waals surface area contributed by atoms with Crippen LogP contribution in [-0.2, 0) is 24.6 Å². The Labute approximate surface area is 174 Å². The molecule has 3 aromatic heterocycles. The molecule has 0 unspecified atom stereocenters. The van der Waals surface area contributed by atoms with E-state index >= 15 is 0 Å². The molecule has 1 amide bonds. The Morgan fingerprint density at radius 1 is 1.23 bits per heavy atom. The van der Waals surface area contributed by atoms with E-state index in [4.69, 9.17) is 0 Å². The number of halogens is 3. The largest absolute Gasteiger partial charge is 0.417 e. The molecule has 1 aromatic carbocycles. The second-order valence-corrected chi connectivity index (χ2v) is 7.84. The van der Waals surface area contributed by atoms with E-state index < -0.39 is 17.6 Å². The molecule has 1 aliphatic rings. The third-order valence-electron chi connectivity index (χ3n) is 5.53. The van der Waals surface area contributed by atoms with Gasteiger partial charge in [-0.1, -0.05) is 12.1 Å². The lowest BCUT2D eigenvalue weighted by Gasteiger charge is -2.11. The van der Waals surface area contributed by atoms with Crippen LogP contribution in [0.1, 0.15) is 35.7 Å². The zero-order valence-corrected chi connectivity index (χ0v) is 16.9. The molecule has 0 atom stereocenters. The minimum absolute atomic E-state index is 0.0305. The molecule has 160 valence electrons. The molecule has 0 bridgehead atoms. The third-order valence-corrected chi connectivity index (χ3v) is 5.53. The van der Waals surface area contributed by atoms with Crippen molar-refractivity contribution in [2.24, 2.45) is 7.05 Å². The Kier molecular flexibility index (Phi) is 4.28. The van der Waals surface area contributed by atoms with Crippen molar-refractivity contribution in [3.8, 4) is 0 Å². The van der Waals surface area contributed by atoms with Gasteiger partial charge >= 0.3 is 6.18 Å². The van der Waals surface area contributed by atoms with Gasteiger partial charge in [0.15, 0.2) is 5.65 Å². The molecule has 0 saturated heterocycles. The highest BCUT2D eigenvalue weighted by atomic mass is 19.4. The molecule has 1 saturated carbocycles. The van der Waals surface area contributed by atoms with Crippen molar-refractivity contribution in [1.29, 1.82) is 0 Å². The summed E-state index contributed by atoms with van der Waals surface area (Å²) in [5.41, 5.74) is 1.49. The van der Waals surface area contributed by atoms with Crippen molar-refractivity contribution in [2.45, 2.75) is 38.4 Å². The Hall–Kier alpha value is -3.43. The number of carbonyl (C=O) groups is 1. The number of para-hydroxylation sites is 2. The molecule has 1 aliphatic carbocycles. The highest BCUT2D eigenvalue weighted by Gasteiger charge is 2.37. The average molecular weight is 428 g/mol.